The molecule has 0 unspecified atom stereocenters. The van der Waals surface area contributed by atoms with Crippen molar-refractivity contribution in [3.05, 3.63) is 100 Å². The number of carboxylic acids is 1. The van der Waals surface area contributed by atoms with Gasteiger partial charge in [0.15, 0.2) is 0 Å². The van der Waals surface area contributed by atoms with Gasteiger partial charge in [0.05, 0.1) is 24.7 Å². The van der Waals surface area contributed by atoms with Gasteiger partial charge in [0.1, 0.15) is 5.75 Å². The second kappa shape index (κ2) is 7.64. The van der Waals surface area contributed by atoms with Gasteiger partial charge in [-0.1, -0.05) is 42.5 Å². The van der Waals surface area contributed by atoms with Gasteiger partial charge in [-0.15, -0.1) is 0 Å². The van der Waals surface area contributed by atoms with Crippen LogP contribution in [-0.4, -0.2) is 22.8 Å². The predicted molar refractivity (Wildman–Crippen MR) is 113 cm³/mol. The average molecular weight is 385 g/mol. The zero-order chi connectivity index (χ0) is 20.4. The molecule has 5 nitrogen and oxygen atoms in total. The Morgan fingerprint density at radius 3 is 2.34 bits per heavy atom. The Labute approximate surface area is 167 Å². The van der Waals surface area contributed by atoms with Crippen LogP contribution in [-0.2, 0) is 6.54 Å². The number of aromatic nitrogens is 1. The van der Waals surface area contributed by atoms with Crippen LogP contribution in [0, 0.1) is 0 Å². The summed E-state index contributed by atoms with van der Waals surface area (Å²) < 4.78 is 7.06. The summed E-state index contributed by atoms with van der Waals surface area (Å²) in [5, 5.41) is 10.0. The van der Waals surface area contributed by atoms with Gasteiger partial charge in [-0.05, 0) is 41.0 Å². The molecule has 4 rings (SSSR count). The number of fused-ring (bicyclic) bond motifs is 1. The Balaban J connectivity index is 1.88. The molecular formula is C24H19NO4. The van der Waals surface area contributed by atoms with Gasteiger partial charge >= 0.3 is 5.97 Å². The minimum absolute atomic E-state index is 0.132. The van der Waals surface area contributed by atoms with Crippen LogP contribution in [0.1, 0.15) is 15.9 Å². The fourth-order valence-corrected chi connectivity index (χ4v) is 3.44. The summed E-state index contributed by atoms with van der Waals surface area (Å²) in [4.78, 5) is 24.1. The molecule has 4 aromatic rings. The van der Waals surface area contributed by atoms with Gasteiger partial charge in [0.25, 0.3) is 5.56 Å². The van der Waals surface area contributed by atoms with Gasteiger partial charge in [-0.2, -0.15) is 0 Å². The first-order chi connectivity index (χ1) is 14.1. The van der Waals surface area contributed by atoms with E-state index in [1.54, 1.807) is 42.0 Å². The van der Waals surface area contributed by atoms with E-state index in [0.29, 0.717) is 12.3 Å². The Morgan fingerprint density at radius 1 is 0.966 bits per heavy atom. The summed E-state index contributed by atoms with van der Waals surface area (Å²) in [6.07, 6.45) is 0. The third kappa shape index (κ3) is 3.62. The summed E-state index contributed by atoms with van der Waals surface area (Å²) in [7, 11) is 1.59. The third-order valence-electron chi connectivity index (χ3n) is 4.95. The SMILES string of the molecule is COc1ccc2c(-c3ccccc3)cc(=O)n(Cc3ccc(C(=O)O)cc3)c2c1. The van der Waals surface area contributed by atoms with Gasteiger partial charge in [-0.3, -0.25) is 4.79 Å². The molecule has 0 saturated carbocycles. The van der Waals surface area contributed by atoms with Crippen molar-refractivity contribution in [1.29, 1.82) is 0 Å². The summed E-state index contributed by atoms with van der Waals surface area (Å²) in [6, 6.07) is 23.7. The van der Waals surface area contributed by atoms with E-state index < -0.39 is 5.97 Å². The minimum Gasteiger partial charge on any atom is -0.497 e. The molecule has 0 saturated heterocycles. The van der Waals surface area contributed by atoms with E-state index in [9.17, 15) is 9.59 Å². The van der Waals surface area contributed by atoms with E-state index in [1.807, 2.05) is 48.5 Å². The number of methoxy groups -OCH3 is 1. The molecule has 5 heteroatoms. The fraction of sp³-hybridized carbons (Fsp3) is 0.0833. The maximum Gasteiger partial charge on any atom is 0.335 e. The highest BCUT2D eigenvalue weighted by atomic mass is 16.5. The highest BCUT2D eigenvalue weighted by molar-refractivity contribution is 5.95. The largest absolute Gasteiger partial charge is 0.497 e. The molecule has 0 spiro atoms. The number of ether oxygens (including phenoxy) is 1. The Kier molecular flexibility index (Phi) is 4.87. The number of hydrogen-bond donors (Lipinski definition) is 1. The summed E-state index contributed by atoms with van der Waals surface area (Å²) in [5.41, 5.74) is 3.52. The van der Waals surface area contributed by atoms with E-state index in [4.69, 9.17) is 9.84 Å². The molecule has 0 radical (unpaired) electrons. The topological polar surface area (TPSA) is 68.5 Å². The molecule has 3 aromatic carbocycles. The van der Waals surface area contributed by atoms with E-state index in [1.165, 1.54) is 0 Å². The Hall–Kier alpha value is -3.86. The lowest BCUT2D eigenvalue weighted by atomic mass is 10.0. The highest BCUT2D eigenvalue weighted by Gasteiger charge is 2.12. The molecule has 0 bridgehead atoms. The average Bonchev–Trinajstić information content (AvgIpc) is 2.76. The molecule has 1 aromatic heterocycles. The number of nitrogens with zero attached hydrogens (tertiary/aromatic N) is 1. The first-order valence-electron chi connectivity index (χ1n) is 9.16. The Bertz CT molecular complexity index is 1240. The number of pyridine rings is 1. The third-order valence-corrected chi connectivity index (χ3v) is 4.95. The van der Waals surface area contributed by atoms with Crippen molar-refractivity contribution in [3.8, 4) is 16.9 Å². The van der Waals surface area contributed by atoms with Crippen LogP contribution in [0.4, 0.5) is 0 Å². The highest BCUT2D eigenvalue weighted by Crippen LogP contribution is 2.30. The summed E-state index contributed by atoms with van der Waals surface area (Å²) in [5.74, 6) is -0.312. The summed E-state index contributed by atoms with van der Waals surface area (Å²) >= 11 is 0. The molecule has 1 heterocycles. The van der Waals surface area contributed by atoms with Crippen molar-refractivity contribution in [3.63, 3.8) is 0 Å². The summed E-state index contributed by atoms with van der Waals surface area (Å²) in [6.45, 7) is 0.331. The van der Waals surface area contributed by atoms with E-state index in [0.717, 1.165) is 27.6 Å². The van der Waals surface area contributed by atoms with Crippen molar-refractivity contribution in [2.24, 2.45) is 0 Å². The van der Waals surface area contributed by atoms with Crippen molar-refractivity contribution in [1.82, 2.24) is 4.57 Å². The van der Waals surface area contributed by atoms with Gasteiger partial charge < -0.3 is 14.4 Å². The van der Waals surface area contributed by atoms with E-state index in [-0.39, 0.29) is 11.1 Å². The quantitative estimate of drug-likeness (QED) is 0.552. The predicted octanol–water partition coefficient (Wildman–Crippen LogP) is 4.42. The lowest BCUT2D eigenvalue weighted by Gasteiger charge is -2.15. The first-order valence-corrected chi connectivity index (χ1v) is 9.16. The van der Waals surface area contributed by atoms with Crippen molar-refractivity contribution in [2.45, 2.75) is 6.54 Å². The zero-order valence-corrected chi connectivity index (χ0v) is 15.8. The van der Waals surface area contributed by atoms with Gasteiger partial charge in [-0.25, -0.2) is 4.79 Å². The standard InChI is InChI=1S/C24H19NO4/c1-29-19-11-12-20-21(17-5-3-2-4-6-17)14-23(26)25(22(20)13-19)15-16-7-9-18(10-8-16)24(27)28/h2-14H,15H2,1H3,(H,27,28). The molecule has 144 valence electrons. The number of carboxylic acid groups (broad SMARTS) is 1. The van der Waals surface area contributed by atoms with Crippen LogP contribution in [0.2, 0.25) is 0 Å². The van der Waals surface area contributed by atoms with Crippen LogP contribution >= 0.6 is 0 Å². The fourth-order valence-electron chi connectivity index (χ4n) is 3.44. The molecule has 1 N–H and O–H groups in total. The molecule has 0 aliphatic rings. The monoisotopic (exact) mass is 385 g/mol. The van der Waals surface area contributed by atoms with Crippen LogP contribution in [0.5, 0.6) is 5.75 Å². The van der Waals surface area contributed by atoms with Crippen molar-refractivity contribution >= 4 is 16.9 Å². The minimum atomic E-state index is -0.976. The van der Waals surface area contributed by atoms with Crippen LogP contribution in [0.3, 0.4) is 0 Å². The number of aromatic carboxylic acids is 1. The van der Waals surface area contributed by atoms with Crippen LogP contribution in [0.15, 0.2) is 83.7 Å². The molecule has 0 atom stereocenters. The second-order valence-electron chi connectivity index (χ2n) is 6.73. The number of benzene rings is 3. The molecular weight excluding hydrogens is 366 g/mol. The molecule has 29 heavy (non-hydrogen) atoms. The van der Waals surface area contributed by atoms with Crippen molar-refractivity contribution < 1.29 is 14.6 Å². The number of hydrogen-bond acceptors (Lipinski definition) is 3. The van der Waals surface area contributed by atoms with Crippen molar-refractivity contribution in [2.75, 3.05) is 7.11 Å². The molecule has 0 aliphatic heterocycles. The van der Waals surface area contributed by atoms with E-state index >= 15 is 0 Å². The molecule has 0 aliphatic carbocycles. The maximum atomic E-state index is 13.0. The van der Waals surface area contributed by atoms with E-state index in [2.05, 4.69) is 0 Å². The number of rotatable bonds is 5. The van der Waals surface area contributed by atoms with Crippen LogP contribution in [0.25, 0.3) is 22.0 Å². The zero-order valence-electron chi connectivity index (χ0n) is 15.8. The normalized spacial score (nSPS) is 10.8. The lowest BCUT2D eigenvalue weighted by molar-refractivity contribution is 0.0697. The first kappa shape index (κ1) is 18.5. The molecule has 0 amide bonds. The van der Waals surface area contributed by atoms with Crippen LogP contribution < -0.4 is 10.3 Å². The second-order valence-corrected chi connectivity index (χ2v) is 6.73. The smallest absolute Gasteiger partial charge is 0.335 e. The maximum absolute atomic E-state index is 13.0. The molecule has 0 fully saturated rings. The number of carbonyl (C=O) groups is 1. The van der Waals surface area contributed by atoms with Gasteiger partial charge in [0.2, 0.25) is 0 Å². The lowest BCUT2D eigenvalue weighted by Crippen LogP contribution is -2.21. The Morgan fingerprint density at radius 2 is 1.69 bits per heavy atom. The van der Waals surface area contributed by atoms with Gasteiger partial charge in [0, 0.05) is 17.5 Å².